The van der Waals surface area contributed by atoms with Crippen molar-refractivity contribution in [1.82, 2.24) is 14.8 Å². The maximum absolute atomic E-state index is 12.5. The Labute approximate surface area is 132 Å². The summed E-state index contributed by atoms with van der Waals surface area (Å²) in [5.41, 5.74) is 0.560. The summed E-state index contributed by atoms with van der Waals surface area (Å²) in [6, 6.07) is 2.27. The fourth-order valence-corrected chi connectivity index (χ4v) is 2.86. The fourth-order valence-electron chi connectivity index (χ4n) is 2.66. The van der Waals surface area contributed by atoms with Crippen molar-refractivity contribution in [3.8, 4) is 0 Å². The van der Waals surface area contributed by atoms with Crippen molar-refractivity contribution in [1.29, 1.82) is 0 Å². The molecule has 1 aliphatic heterocycles. The number of nitrogens with zero attached hydrogens (tertiary/aromatic N) is 3. The van der Waals surface area contributed by atoms with Crippen LogP contribution in [-0.2, 0) is 0 Å². The van der Waals surface area contributed by atoms with Crippen molar-refractivity contribution < 1.29 is 4.79 Å². The Kier molecular flexibility index (Phi) is 5.59. The number of carbonyl (C=O) groups is 1. The van der Waals surface area contributed by atoms with Gasteiger partial charge in [0, 0.05) is 38.1 Å². The van der Waals surface area contributed by atoms with E-state index in [1.807, 2.05) is 4.90 Å². The lowest BCUT2D eigenvalue weighted by molar-refractivity contribution is 0.0666. The van der Waals surface area contributed by atoms with Crippen molar-refractivity contribution in [3.05, 3.63) is 29.0 Å². The molecule has 1 fully saturated rings. The van der Waals surface area contributed by atoms with Gasteiger partial charge >= 0.3 is 0 Å². The van der Waals surface area contributed by atoms with Crippen LogP contribution in [0.15, 0.2) is 18.5 Å². The van der Waals surface area contributed by atoms with Crippen molar-refractivity contribution in [2.75, 3.05) is 26.7 Å². The SMILES string of the molecule is CC(C)N(C)CC1CCN(C(=O)c2ccncc2Cl)CC1. The molecule has 5 heteroatoms. The molecule has 4 nitrogen and oxygen atoms in total. The summed E-state index contributed by atoms with van der Waals surface area (Å²) >= 11 is 6.05. The van der Waals surface area contributed by atoms with Crippen LogP contribution >= 0.6 is 11.6 Å². The van der Waals surface area contributed by atoms with Gasteiger partial charge in [-0.1, -0.05) is 11.6 Å². The molecule has 2 rings (SSSR count). The second-order valence-corrected chi connectivity index (χ2v) is 6.53. The summed E-state index contributed by atoms with van der Waals surface area (Å²) in [5.74, 6) is 0.701. The smallest absolute Gasteiger partial charge is 0.255 e. The van der Waals surface area contributed by atoms with Crippen molar-refractivity contribution in [2.24, 2.45) is 5.92 Å². The highest BCUT2D eigenvalue weighted by Crippen LogP contribution is 2.22. The lowest BCUT2D eigenvalue weighted by Crippen LogP contribution is -2.42. The minimum absolute atomic E-state index is 0.0260. The number of carbonyl (C=O) groups excluding carboxylic acids is 1. The zero-order chi connectivity index (χ0) is 15.4. The highest BCUT2D eigenvalue weighted by atomic mass is 35.5. The number of rotatable bonds is 4. The van der Waals surface area contributed by atoms with Gasteiger partial charge in [0.2, 0.25) is 0 Å². The van der Waals surface area contributed by atoms with Crippen LogP contribution in [0.3, 0.4) is 0 Å². The first-order chi connectivity index (χ1) is 9.99. The molecule has 0 atom stereocenters. The van der Waals surface area contributed by atoms with Crippen molar-refractivity contribution >= 4 is 17.5 Å². The monoisotopic (exact) mass is 309 g/mol. The molecule has 0 saturated carbocycles. The van der Waals surface area contributed by atoms with Gasteiger partial charge in [-0.05, 0) is 45.7 Å². The van der Waals surface area contributed by atoms with E-state index >= 15 is 0 Å². The number of hydrogen-bond acceptors (Lipinski definition) is 3. The second kappa shape index (κ2) is 7.23. The number of halogens is 1. The fraction of sp³-hybridized carbons (Fsp3) is 0.625. The molecule has 0 bridgehead atoms. The zero-order valence-corrected chi connectivity index (χ0v) is 13.8. The van der Waals surface area contributed by atoms with Crippen LogP contribution in [0, 0.1) is 5.92 Å². The zero-order valence-electron chi connectivity index (χ0n) is 13.1. The van der Waals surface area contributed by atoms with Gasteiger partial charge in [0.15, 0.2) is 0 Å². The van der Waals surface area contributed by atoms with Gasteiger partial charge in [0.05, 0.1) is 10.6 Å². The van der Waals surface area contributed by atoms with Gasteiger partial charge in [0.25, 0.3) is 5.91 Å². The first-order valence-electron chi connectivity index (χ1n) is 7.58. The first-order valence-corrected chi connectivity index (χ1v) is 7.96. The maximum Gasteiger partial charge on any atom is 0.255 e. The summed E-state index contributed by atoms with van der Waals surface area (Å²) in [5, 5.41) is 0.434. The van der Waals surface area contributed by atoms with E-state index in [1.54, 1.807) is 12.3 Å². The molecule has 0 aromatic carbocycles. The molecular weight excluding hydrogens is 286 g/mol. The molecule has 1 aromatic heterocycles. The third-order valence-electron chi connectivity index (χ3n) is 4.33. The van der Waals surface area contributed by atoms with Gasteiger partial charge in [0.1, 0.15) is 0 Å². The molecule has 0 aliphatic carbocycles. The summed E-state index contributed by atoms with van der Waals surface area (Å²) in [4.78, 5) is 20.7. The molecule has 0 unspecified atom stereocenters. The minimum Gasteiger partial charge on any atom is -0.339 e. The maximum atomic E-state index is 12.5. The van der Waals surface area contributed by atoms with E-state index in [4.69, 9.17) is 11.6 Å². The largest absolute Gasteiger partial charge is 0.339 e. The Bertz CT molecular complexity index is 484. The van der Waals surface area contributed by atoms with Crippen molar-refractivity contribution in [2.45, 2.75) is 32.7 Å². The third kappa shape index (κ3) is 4.17. The van der Waals surface area contributed by atoms with Crippen LogP contribution in [0.2, 0.25) is 5.02 Å². The van der Waals surface area contributed by atoms with E-state index in [-0.39, 0.29) is 5.91 Å². The second-order valence-electron chi connectivity index (χ2n) is 6.12. The van der Waals surface area contributed by atoms with Gasteiger partial charge in [-0.15, -0.1) is 0 Å². The quantitative estimate of drug-likeness (QED) is 0.858. The van der Waals surface area contributed by atoms with E-state index in [0.29, 0.717) is 22.5 Å². The van der Waals surface area contributed by atoms with Crippen LogP contribution in [-0.4, -0.2) is 53.4 Å². The molecule has 1 amide bonds. The van der Waals surface area contributed by atoms with E-state index < -0.39 is 0 Å². The van der Waals surface area contributed by atoms with Crippen LogP contribution in [0.5, 0.6) is 0 Å². The first kappa shape index (κ1) is 16.2. The van der Waals surface area contributed by atoms with E-state index in [2.05, 4.69) is 30.8 Å². The number of piperidine rings is 1. The predicted octanol–water partition coefficient (Wildman–Crippen LogP) is 2.93. The summed E-state index contributed by atoms with van der Waals surface area (Å²) in [6.45, 7) is 7.16. The average Bonchev–Trinajstić information content (AvgIpc) is 2.47. The number of aromatic nitrogens is 1. The summed E-state index contributed by atoms with van der Waals surface area (Å²) in [6.07, 6.45) is 5.26. The number of amides is 1. The molecule has 0 N–H and O–H groups in total. The molecule has 2 heterocycles. The lowest BCUT2D eigenvalue weighted by Gasteiger charge is -2.35. The van der Waals surface area contributed by atoms with Gasteiger partial charge in [-0.25, -0.2) is 0 Å². The molecule has 21 heavy (non-hydrogen) atoms. The topological polar surface area (TPSA) is 36.4 Å². The molecule has 1 aliphatic rings. The van der Waals surface area contributed by atoms with Crippen molar-refractivity contribution in [3.63, 3.8) is 0 Å². The molecule has 0 spiro atoms. The normalized spacial score (nSPS) is 16.8. The Balaban J connectivity index is 1.89. The molecule has 116 valence electrons. The highest BCUT2D eigenvalue weighted by molar-refractivity contribution is 6.33. The minimum atomic E-state index is 0.0260. The average molecular weight is 310 g/mol. The molecular formula is C16H24ClN3O. The summed E-state index contributed by atoms with van der Waals surface area (Å²) in [7, 11) is 2.17. The Morgan fingerprint density at radius 3 is 2.71 bits per heavy atom. The van der Waals surface area contributed by atoms with E-state index in [1.165, 1.54) is 6.20 Å². The Hall–Kier alpha value is -1.13. The van der Waals surface area contributed by atoms with Crippen LogP contribution in [0.4, 0.5) is 0 Å². The number of pyridine rings is 1. The van der Waals surface area contributed by atoms with Gasteiger partial charge < -0.3 is 9.80 Å². The molecule has 0 radical (unpaired) electrons. The van der Waals surface area contributed by atoms with Crippen LogP contribution < -0.4 is 0 Å². The van der Waals surface area contributed by atoms with E-state index in [9.17, 15) is 4.79 Å². The Morgan fingerprint density at radius 2 is 2.14 bits per heavy atom. The van der Waals surface area contributed by atoms with Crippen LogP contribution in [0.25, 0.3) is 0 Å². The van der Waals surface area contributed by atoms with Crippen LogP contribution in [0.1, 0.15) is 37.0 Å². The lowest BCUT2D eigenvalue weighted by atomic mass is 9.95. The highest BCUT2D eigenvalue weighted by Gasteiger charge is 2.25. The Morgan fingerprint density at radius 1 is 1.48 bits per heavy atom. The standard InChI is InChI=1S/C16H24ClN3O/c1-12(2)19(3)11-13-5-8-20(9-6-13)16(21)14-4-7-18-10-15(14)17/h4,7,10,12-13H,5-6,8-9,11H2,1-3H3. The van der Waals surface area contributed by atoms with Gasteiger partial charge in [-0.2, -0.15) is 0 Å². The number of hydrogen-bond donors (Lipinski definition) is 0. The van der Waals surface area contributed by atoms with E-state index in [0.717, 1.165) is 32.5 Å². The van der Waals surface area contributed by atoms with Gasteiger partial charge in [-0.3, -0.25) is 9.78 Å². The summed E-state index contributed by atoms with van der Waals surface area (Å²) < 4.78 is 0. The number of likely N-dealkylation sites (tertiary alicyclic amines) is 1. The third-order valence-corrected chi connectivity index (χ3v) is 4.63. The molecule has 1 saturated heterocycles. The predicted molar refractivity (Wildman–Crippen MR) is 85.6 cm³/mol. The molecule has 1 aromatic rings.